The summed E-state index contributed by atoms with van der Waals surface area (Å²) < 4.78 is 0. The first-order chi connectivity index (χ1) is 6.24. The van der Waals surface area contributed by atoms with Gasteiger partial charge < -0.3 is 0 Å². The van der Waals surface area contributed by atoms with Gasteiger partial charge >= 0.3 is 0 Å². The molecule has 0 heterocycles. The summed E-state index contributed by atoms with van der Waals surface area (Å²) in [5.41, 5.74) is 3.61. The van der Waals surface area contributed by atoms with E-state index < -0.39 is 0 Å². The Morgan fingerprint density at radius 2 is 1.92 bits per heavy atom. The standard InChI is InChI=1S/C13H14/c1-4-7-12-8-5-6-9-13(12)10-11(2)3/h5-6,8-10H,1-3H3. The summed E-state index contributed by atoms with van der Waals surface area (Å²) in [6.07, 6.45) is 2.15. The zero-order chi connectivity index (χ0) is 9.68. The van der Waals surface area contributed by atoms with Crippen LogP contribution in [0.25, 0.3) is 6.08 Å². The van der Waals surface area contributed by atoms with Crippen molar-refractivity contribution in [3.05, 3.63) is 41.0 Å². The fraction of sp³-hybridized carbons (Fsp3) is 0.231. The first kappa shape index (κ1) is 9.61. The van der Waals surface area contributed by atoms with E-state index in [9.17, 15) is 0 Å². The van der Waals surface area contributed by atoms with Crippen molar-refractivity contribution in [1.29, 1.82) is 0 Å². The van der Waals surface area contributed by atoms with Crippen molar-refractivity contribution in [3.8, 4) is 11.8 Å². The number of rotatable bonds is 1. The summed E-state index contributed by atoms with van der Waals surface area (Å²) >= 11 is 0. The monoisotopic (exact) mass is 170 g/mol. The Kier molecular flexibility index (Phi) is 3.34. The molecule has 0 aliphatic rings. The maximum atomic E-state index is 3.09. The van der Waals surface area contributed by atoms with E-state index in [0.29, 0.717) is 0 Å². The molecule has 0 aromatic heterocycles. The Balaban J connectivity index is 3.17. The maximum absolute atomic E-state index is 3.09. The largest absolute Gasteiger partial charge is 0.101 e. The van der Waals surface area contributed by atoms with E-state index in [1.807, 2.05) is 25.1 Å². The van der Waals surface area contributed by atoms with E-state index in [1.54, 1.807) is 0 Å². The number of allylic oxidation sites excluding steroid dienone is 1. The van der Waals surface area contributed by atoms with Gasteiger partial charge in [0.25, 0.3) is 0 Å². The third-order valence-electron chi connectivity index (χ3n) is 1.66. The third-order valence-corrected chi connectivity index (χ3v) is 1.66. The third kappa shape index (κ3) is 2.80. The molecular formula is C13H14. The van der Waals surface area contributed by atoms with Crippen molar-refractivity contribution in [1.82, 2.24) is 0 Å². The predicted molar refractivity (Wildman–Crippen MR) is 58.3 cm³/mol. The molecular weight excluding hydrogens is 156 g/mol. The molecule has 0 aliphatic heterocycles. The van der Waals surface area contributed by atoms with Crippen LogP contribution < -0.4 is 0 Å². The quantitative estimate of drug-likeness (QED) is 0.566. The second-order valence-electron chi connectivity index (χ2n) is 3.18. The van der Waals surface area contributed by atoms with Gasteiger partial charge in [0.2, 0.25) is 0 Å². The van der Waals surface area contributed by atoms with Crippen molar-refractivity contribution < 1.29 is 0 Å². The summed E-state index contributed by atoms with van der Waals surface area (Å²) in [6.45, 7) is 6.05. The molecule has 0 unspecified atom stereocenters. The van der Waals surface area contributed by atoms with E-state index in [0.717, 1.165) is 5.56 Å². The summed E-state index contributed by atoms with van der Waals surface area (Å²) in [6, 6.07) is 8.19. The van der Waals surface area contributed by atoms with Gasteiger partial charge in [0.05, 0.1) is 0 Å². The van der Waals surface area contributed by atoms with Crippen LogP contribution in [0.2, 0.25) is 0 Å². The smallest absolute Gasteiger partial charge is 0.0317 e. The zero-order valence-corrected chi connectivity index (χ0v) is 8.39. The van der Waals surface area contributed by atoms with Crippen LogP contribution in [0.4, 0.5) is 0 Å². The lowest BCUT2D eigenvalue weighted by molar-refractivity contribution is 1.42. The molecule has 1 rings (SSSR count). The summed E-state index contributed by atoms with van der Waals surface area (Å²) in [5.74, 6) is 6.01. The lowest BCUT2D eigenvalue weighted by atomic mass is 10.1. The molecule has 0 saturated carbocycles. The SMILES string of the molecule is CC#Cc1ccccc1C=C(C)C. The predicted octanol–water partition coefficient (Wildman–Crippen LogP) is 3.48. The Morgan fingerprint density at radius 1 is 1.23 bits per heavy atom. The molecule has 0 aliphatic carbocycles. The van der Waals surface area contributed by atoms with Gasteiger partial charge in [-0.25, -0.2) is 0 Å². The molecule has 0 bridgehead atoms. The fourth-order valence-corrected chi connectivity index (χ4v) is 1.18. The van der Waals surface area contributed by atoms with Crippen molar-refractivity contribution in [3.63, 3.8) is 0 Å². The van der Waals surface area contributed by atoms with Gasteiger partial charge in [-0.15, -0.1) is 5.92 Å². The van der Waals surface area contributed by atoms with Gasteiger partial charge in [0, 0.05) is 5.56 Å². The van der Waals surface area contributed by atoms with Crippen LogP contribution in [0.1, 0.15) is 31.9 Å². The molecule has 0 saturated heterocycles. The molecule has 0 fully saturated rings. The Morgan fingerprint density at radius 3 is 2.54 bits per heavy atom. The molecule has 0 N–H and O–H groups in total. The summed E-state index contributed by atoms with van der Waals surface area (Å²) in [4.78, 5) is 0. The first-order valence-corrected chi connectivity index (χ1v) is 4.40. The average molecular weight is 170 g/mol. The maximum Gasteiger partial charge on any atom is 0.0317 e. The molecule has 0 amide bonds. The molecule has 0 heteroatoms. The van der Waals surface area contributed by atoms with Crippen LogP contribution in [-0.2, 0) is 0 Å². The minimum atomic E-state index is 1.10. The fourth-order valence-electron chi connectivity index (χ4n) is 1.18. The Hall–Kier alpha value is -1.48. The molecule has 0 radical (unpaired) electrons. The van der Waals surface area contributed by atoms with E-state index in [-0.39, 0.29) is 0 Å². The van der Waals surface area contributed by atoms with Crippen LogP contribution in [0.5, 0.6) is 0 Å². The van der Waals surface area contributed by atoms with E-state index in [4.69, 9.17) is 0 Å². The normalized spacial score (nSPS) is 8.54. The van der Waals surface area contributed by atoms with Gasteiger partial charge in [-0.05, 0) is 32.4 Å². The highest BCUT2D eigenvalue weighted by Crippen LogP contribution is 2.11. The molecule has 0 spiro atoms. The number of benzene rings is 1. The molecule has 0 nitrogen and oxygen atoms in total. The Bertz CT molecular complexity index is 369. The van der Waals surface area contributed by atoms with E-state index >= 15 is 0 Å². The van der Waals surface area contributed by atoms with Crippen LogP contribution in [0.15, 0.2) is 29.8 Å². The van der Waals surface area contributed by atoms with Crippen molar-refractivity contribution in [2.75, 3.05) is 0 Å². The highest BCUT2D eigenvalue weighted by Gasteiger charge is 1.93. The van der Waals surface area contributed by atoms with E-state index in [2.05, 4.69) is 37.8 Å². The van der Waals surface area contributed by atoms with Crippen LogP contribution >= 0.6 is 0 Å². The van der Waals surface area contributed by atoms with Crippen molar-refractivity contribution in [2.24, 2.45) is 0 Å². The lowest BCUT2D eigenvalue weighted by Gasteiger charge is -1.98. The number of hydrogen-bond donors (Lipinski definition) is 0. The van der Waals surface area contributed by atoms with Gasteiger partial charge in [-0.2, -0.15) is 0 Å². The Labute approximate surface area is 80.3 Å². The molecule has 0 atom stereocenters. The summed E-state index contributed by atoms with van der Waals surface area (Å²) in [7, 11) is 0. The minimum Gasteiger partial charge on any atom is -0.101 e. The second kappa shape index (κ2) is 4.52. The van der Waals surface area contributed by atoms with Crippen LogP contribution in [-0.4, -0.2) is 0 Å². The van der Waals surface area contributed by atoms with Gasteiger partial charge in [-0.3, -0.25) is 0 Å². The highest BCUT2D eigenvalue weighted by molar-refractivity contribution is 5.60. The van der Waals surface area contributed by atoms with Crippen LogP contribution in [0, 0.1) is 11.8 Å². The molecule has 13 heavy (non-hydrogen) atoms. The zero-order valence-electron chi connectivity index (χ0n) is 8.39. The van der Waals surface area contributed by atoms with Crippen molar-refractivity contribution in [2.45, 2.75) is 20.8 Å². The topological polar surface area (TPSA) is 0 Å². The second-order valence-corrected chi connectivity index (χ2v) is 3.18. The molecule has 1 aromatic rings. The van der Waals surface area contributed by atoms with Gasteiger partial charge in [0.15, 0.2) is 0 Å². The average Bonchev–Trinajstić information content (AvgIpc) is 2.08. The minimum absolute atomic E-state index is 1.10. The van der Waals surface area contributed by atoms with Gasteiger partial charge in [-0.1, -0.05) is 35.8 Å². The van der Waals surface area contributed by atoms with Gasteiger partial charge in [0.1, 0.15) is 0 Å². The van der Waals surface area contributed by atoms with E-state index in [1.165, 1.54) is 11.1 Å². The summed E-state index contributed by atoms with van der Waals surface area (Å²) in [5, 5.41) is 0. The highest BCUT2D eigenvalue weighted by atomic mass is 14.0. The van der Waals surface area contributed by atoms with Crippen molar-refractivity contribution >= 4 is 6.08 Å². The first-order valence-electron chi connectivity index (χ1n) is 4.40. The molecule has 1 aromatic carbocycles. The number of hydrogen-bond acceptors (Lipinski definition) is 0. The lowest BCUT2D eigenvalue weighted by Crippen LogP contribution is -1.81. The molecule has 66 valence electrons. The van der Waals surface area contributed by atoms with Crippen LogP contribution in [0.3, 0.4) is 0 Å².